The standard InChI is InChI=1S/C28H35N3O5S/c1-27(2)24-6-4-5-7-25(24)29(3)28(27)9-8-21-18-23(31(32)33)19-22(26(21)37-28)20-30-10-12-34-14-16-36-17-15-35-13-11-30/h4-9,18-19H,10-17,20H2,1-3H3. The van der Waals surface area contributed by atoms with Crippen LogP contribution in [0.1, 0.15) is 30.5 Å². The van der Waals surface area contributed by atoms with E-state index in [0.29, 0.717) is 59.3 Å². The minimum absolute atomic E-state index is 0.122. The second kappa shape index (κ2) is 10.7. The highest BCUT2D eigenvalue weighted by molar-refractivity contribution is 8.01. The first-order valence-corrected chi connectivity index (χ1v) is 13.6. The van der Waals surface area contributed by atoms with Crippen molar-refractivity contribution in [3.05, 3.63) is 69.3 Å². The third-order valence-corrected chi connectivity index (χ3v) is 9.64. The number of thioether (sulfide) groups is 1. The molecule has 1 spiro atoms. The molecule has 3 aliphatic rings. The second-order valence-corrected chi connectivity index (χ2v) is 11.5. The number of benzene rings is 2. The number of hydrogen-bond acceptors (Lipinski definition) is 8. The summed E-state index contributed by atoms with van der Waals surface area (Å²) in [7, 11) is 2.15. The van der Waals surface area contributed by atoms with Gasteiger partial charge in [-0.05, 0) is 28.8 Å². The molecule has 0 bridgehead atoms. The lowest BCUT2D eigenvalue weighted by molar-refractivity contribution is -0.385. The molecule has 1 unspecified atom stereocenters. The van der Waals surface area contributed by atoms with Crippen LogP contribution in [0.4, 0.5) is 11.4 Å². The topological polar surface area (TPSA) is 77.3 Å². The van der Waals surface area contributed by atoms with Gasteiger partial charge in [-0.3, -0.25) is 15.0 Å². The van der Waals surface area contributed by atoms with E-state index in [9.17, 15) is 10.1 Å². The summed E-state index contributed by atoms with van der Waals surface area (Å²) in [6.45, 7) is 9.93. The molecule has 5 rings (SSSR count). The number of hydrogen-bond donors (Lipinski definition) is 0. The number of nitrogens with zero attached hydrogens (tertiary/aromatic N) is 3. The summed E-state index contributed by atoms with van der Waals surface area (Å²) in [6, 6.07) is 12.0. The number of rotatable bonds is 3. The van der Waals surface area contributed by atoms with Crippen LogP contribution in [0.3, 0.4) is 0 Å². The molecular formula is C28H35N3O5S. The molecule has 0 saturated carbocycles. The Balaban J connectivity index is 1.49. The Kier molecular flexibility index (Phi) is 7.60. The third-order valence-electron chi connectivity index (χ3n) is 7.71. The van der Waals surface area contributed by atoms with E-state index in [4.69, 9.17) is 14.2 Å². The van der Waals surface area contributed by atoms with E-state index in [2.05, 4.69) is 67.1 Å². The monoisotopic (exact) mass is 525 g/mol. The van der Waals surface area contributed by atoms with Crippen LogP contribution in [0.5, 0.6) is 0 Å². The maximum absolute atomic E-state index is 11.8. The number of nitro groups is 1. The van der Waals surface area contributed by atoms with Gasteiger partial charge in [0.1, 0.15) is 4.87 Å². The lowest BCUT2D eigenvalue weighted by atomic mass is 9.79. The Labute approximate surface area is 222 Å². The summed E-state index contributed by atoms with van der Waals surface area (Å²) >= 11 is 1.81. The average Bonchev–Trinajstić information content (AvgIpc) is 3.04. The van der Waals surface area contributed by atoms with Gasteiger partial charge in [-0.2, -0.15) is 0 Å². The van der Waals surface area contributed by atoms with E-state index in [-0.39, 0.29) is 20.9 Å². The van der Waals surface area contributed by atoms with Crippen molar-refractivity contribution in [3.8, 4) is 0 Å². The number of fused-ring (bicyclic) bond motifs is 2. The Bertz CT molecular complexity index is 1170. The summed E-state index contributed by atoms with van der Waals surface area (Å²) in [6.07, 6.45) is 4.31. The van der Waals surface area contributed by atoms with Crippen molar-refractivity contribution >= 4 is 29.2 Å². The highest BCUT2D eigenvalue weighted by atomic mass is 32.2. The molecule has 1 saturated heterocycles. The molecule has 2 aromatic rings. The fourth-order valence-electron chi connectivity index (χ4n) is 5.60. The van der Waals surface area contributed by atoms with E-state index in [0.717, 1.165) is 16.0 Å². The predicted octanol–water partition coefficient (Wildman–Crippen LogP) is 4.70. The van der Waals surface area contributed by atoms with Crippen LogP contribution in [-0.2, 0) is 26.2 Å². The van der Waals surface area contributed by atoms with E-state index in [1.54, 1.807) is 12.1 Å². The summed E-state index contributed by atoms with van der Waals surface area (Å²) < 4.78 is 17.0. The van der Waals surface area contributed by atoms with E-state index >= 15 is 0 Å². The third kappa shape index (κ3) is 4.91. The number of non-ortho nitro benzene ring substituents is 1. The molecule has 0 aromatic heterocycles. The molecule has 1 fully saturated rings. The molecule has 0 aliphatic carbocycles. The number of nitro benzene ring substituents is 1. The highest BCUT2D eigenvalue weighted by Crippen LogP contribution is 2.61. The van der Waals surface area contributed by atoms with Crippen LogP contribution in [-0.4, -0.2) is 74.5 Å². The largest absolute Gasteiger partial charge is 0.378 e. The Morgan fingerprint density at radius 2 is 1.65 bits per heavy atom. The minimum Gasteiger partial charge on any atom is -0.378 e. The molecule has 198 valence electrons. The van der Waals surface area contributed by atoms with Crippen molar-refractivity contribution < 1.29 is 19.1 Å². The number of para-hydroxylation sites is 1. The van der Waals surface area contributed by atoms with E-state index in [1.165, 1.54) is 11.3 Å². The number of anilines is 1. The Hall–Kier alpha value is -2.43. The van der Waals surface area contributed by atoms with Gasteiger partial charge in [0.05, 0.1) is 44.6 Å². The summed E-state index contributed by atoms with van der Waals surface area (Å²) in [5.74, 6) is 0. The summed E-state index contributed by atoms with van der Waals surface area (Å²) in [5.41, 5.74) is 4.34. The van der Waals surface area contributed by atoms with Gasteiger partial charge in [-0.1, -0.05) is 49.9 Å². The molecular weight excluding hydrogens is 490 g/mol. The highest BCUT2D eigenvalue weighted by Gasteiger charge is 2.56. The molecule has 2 aromatic carbocycles. The van der Waals surface area contributed by atoms with Gasteiger partial charge in [0.2, 0.25) is 0 Å². The number of ether oxygens (including phenoxy) is 3. The van der Waals surface area contributed by atoms with Crippen LogP contribution in [0.25, 0.3) is 6.08 Å². The maximum Gasteiger partial charge on any atom is 0.270 e. The smallest absolute Gasteiger partial charge is 0.270 e. The van der Waals surface area contributed by atoms with Crippen LogP contribution < -0.4 is 4.90 Å². The van der Waals surface area contributed by atoms with Gasteiger partial charge in [-0.15, -0.1) is 0 Å². The van der Waals surface area contributed by atoms with Gasteiger partial charge in [-0.25, -0.2) is 0 Å². The molecule has 37 heavy (non-hydrogen) atoms. The van der Waals surface area contributed by atoms with Gasteiger partial charge in [0.15, 0.2) is 0 Å². The SMILES string of the molecule is CN1c2ccccc2C(C)(C)C12C=Cc1cc([N+](=O)[O-])cc(CN3CCOCCOCCOCC3)c1S2. The molecule has 8 nitrogen and oxygen atoms in total. The van der Waals surface area contributed by atoms with Crippen LogP contribution in [0, 0.1) is 10.1 Å². The van der Waals surface area contributed by atoms with Crippen molar-refractivity contribution in [1.29, 1.82) is 0 Å². The number of likely N-dealkylation sites (N-methyl/N-ethyl adjacent to an activating group) is 1. The minimum atomic E-state index is -0.345. The zero-order chi connectivity index (χ0) is 26.0. The summed E-state index contributed by atoms with van der Waals surface area (Å²) in [4.78, 5) is 16.9. The van der Waals surface area contributed by atoms with Crippen LogP contribution in [0.15, 0.2) is 47.4 Å². The van der Waals surface area contributed by atoms with Crippen molar-refractivity contribution in [3.63, 3.8) is 0 Å². The lowest BCUT2D eigenvalue weighted by Gasteiger charge is -2.46. The first-order valence-electron chi connectivity index (χ1n) is 12.8. The first kappa shape index (κ1) is 26.2. The first-order chi connectivity index (χ1) is 17.8. The normalized spacial score (nSPS) is 24.2. The van der Waals surface area contributed by atoms with Crippen molar-refractivity contribution in [2.45, 2.75) is 35.6 Å². The van der Waals surface area contributed by atoms with Crippen molar-refractivity contribution in [2.24, 2.45) is 0 Å². The van der Waals surface area contributed by atoms with E-state index < -0.39 is 0 Å². The van der Waals surface area contributed by atoms with Gasteiger partial charge in [0, 0.05) is 54.8 Å². The Morgan fingerprint density at radius 3 is 2.30 bits per heavy atom. The fourth-order valence-corrected chi connectivity index (χ4v) is 7.15. The van der Waals surface area contributed by atoms with Crippen LogP contribution in [0.2, 0.25) is 0 Å². The molecule has 3 heterocycles. The molecule has 0 N–H and O–H groups in total. The molecule has 9 heteroatoms. The van der Waals surface area contributed by atoms with Crippen molar-refractivity contribution in [2.75, 3.05) is 64.7 Å². The Morgan fingerprint density at radius 1 is 1.00 bits per heavy atom. The van der Waals surface area contributed by atoms with Gasteiger partial charge >= 0.3 is 0 Å². The molecule has 0 amide bonds. The second-order valence-electron chi connectivity index (χ2n) is 10.2. The molecule has 1 atom stereocenters. The van der Waals surface area contributed by atoms with Crippen LogP contribution >= 0.6 is 11.8 Å². The zero-order valence-corrected chi connectivity index (χ0v) is 22.6. The summed E-state index contributed by atoms with van der Waals surface area (Å²) in [5, 5.41) is 11.8. The zero-order valence-electron chi connectivity index (χ0n) is 21.8. The quantitative estimate of drug-likeness (QED) is 0.422. The lowest BCUT2D eigenvalue weighted by Crippen LogP contribution is -2.50. The average molecular weight is 526 g/mol. The molecule has 3 aliphatic heterocycles. The molecule has 0 radical (unpaired) electrons. The maximum atomic E-state index is 11.8. The predicted molar refractivity (Wildman–Crippen MR) is 146 cm³/mol. The fraction of sp³-hybridized carbons (Fsp3) is 0.500. The van der Waals surface area contributed by atoms with Crippen molar-refractivity contribution in [1.82, 2.24) is 4.90 Å². The van der Waals surface area contributed by atoms with Gasteiger partial charge in [0.25, 0.3) is 5.69 Å². The van der Waals surface area contributed by atoms with E-state index in [1.807, 2.05) is 11.8 Å². The van der Waals surface area contributed by atoms with Gasteiger partial charge < -0.3 is 19.1 Å².